The number of benzene rings is 1. The number of hydrogen-bond acceptors (Lipinski definition) is 4. The number of pyridine rings is 1. The average molecular weight is 285 g/mol. The van der Waals surface area contributed by atoms with Gasteiger partial charge in [0.05, 0.1) is 0 Å². The number of nitrogens with one attached hydrogen (secondary N) is 2. The van der Waals surface area contributed by atoms with Crippen molar-refractivity contribution in [1.82, 2.24) is 15.6 Å². The maximum absolute atomic E-state index is 11.1. The second kappa shape index (κ2) is 8.01. The van der Waals surface area contributed by atoms with Crippen LogP contribution in [0.1, 0.15) is 11.1 Å². The maximum atomic E-state index is 11.1. The van der Waals surface area contributed by atoms with Crippen LogP contribution in [0.5, 0.6) is 5.75 Å². The molecule has 0 aliphatic rings. The second-order valence-corrected chi connectivity index (χ2v) is 4.57. The quantitative estimate of drug-likeness (QED) is 0.809. The van der Waals surface area contributed by atoms with E-state index in [1.165, 1.54) is 0 Å². The highest BCUT2D eigenvalue weighted by Gasteiger charge is 2.00. The van der Waals surface area contributed by atoms with Gasteiger partial charge in [-0.3, -0.25) is 9.78 Å². The SMILES string of the molecule is CNC(=O)COc1ccc(CNCc2cccnc2)cc1. The fourth-order valence-electron chi connectivity index (χ4n) is 1.78. The van der Waals surface area contributed by atoms with E-state index in [-0.39, 0.29) is 12.5 Å². The molecule has 0 saturated heterocycles. The highest BCUT2D eigenvalue weighted by atomic mass is 16.5. The summed E-state index contributed by atoms with van der Waals surface area (Å²) in [6.07, 6.45) is 3.61. The van der Waals surface area contributed by atoms with Crippen molar-refractivity contribution in [2.75, 3.05) is 13.7 Å². The van der Waals surface area contributed by atoms with Crippen LogP contribution in [0.25, 0.3) is 0 Å². The van der Waals surface area contributed by atoms with Crippen LogP contribution in [-0.4, -0.2) is 24.5 Å². The summed E-state index contributed by atoms with van der Waals surface area (Å²) in [6.45, 7) is 1.59. The van der Waals surface area contributed by atoms with Gasteiger partial charge in [0, 0.05) is 32.5 Å². The van der Waals surface area contributed by atoms with Gasteiger partial charge in [-0.15, -0.1) is 0 Å². The molecule has 0 unspecified atom stereocenters. The first-order valence-corrected chi connectivity index (χ1v) is 6.80. The predicted octanol–water partition coefficient (Wildman–Crippen LogP) is 1.50. The van der Waals surface area contributed by atoms with Crippen molar-refractivity contribution in [3.8, 4) is 5.75 Å². The number of amides is 1. The van der Waals surface area contributed by atoms with Crippen LogP contribution in [0.15, 0.2) is 48.8 Å². The lowest BCUT2D eigenvalue weighted by atomic mass is 10.2. The van der Waals surface area contributed by atoms with E-state index in [4.69, 9.17) is 4.74 Å². The predicted molar refractivity (Wildman–Crippen MR) is 80.8 cm³/mol. The molecular weight excluding hydrogens is 266 g/mol. The van der Waals surface area contributed by atoms with E-state index in [1.807, 2.05) is 42.6 Å². The van der Waals surface area contributed by atoms with Crippen molar-refractivity contribution >= 4 is 5.91 Å². The third kappa shape index (κ3) is 5.24. The molecule has 0 spiro atoms. The zero-order valence-corrected chi connectivity index (χ0v) is 12.0. The Balaban J connectivity index is 1.76. The van der Waals surface area contributed by atoms with Gasteiger partial charge in [0.25, 0.3) is 5.91 Å². The molecule has 5 nitrogen and oxygen atoms in total. The van der Waals surface area contributed by atoms with Gasteiger partial charge in [0.2, 0.25) is 0 Å². The molecule has 2 N–H and O–H groups in total. The Bertz CT molecular complexity index is 555. The van der Waals surface area contributed by atoms with Gasteiger partial charge >= 0.3 is 0 Å². The van der Waals surface area contributed by atoms with Crippen LogP contribution < -0.4 is 15.4 Å². The van der Waals surface area contributed by atoms with Crippen LogP contribution in [-0.2, 0) is 17.9 Å². The zero-order valence-electron chi connectivity index (χ0n) is 12.0. The third-order valence-electron chi connectivity index (χ3n) is 2.95. The van der Waals surface area contributed by atoms with Crippen molar-refractivity contribution < 1.29 is 9.53 Å². The number of carbonyl (C=O) groups excluding carboxylic acids is 1. The van der Waals surface area contributed by atoms with Crippen LogP contribution in [0.3, 0.4) is 0 Å². The van der Waals surface area contributed by atoms with Crippen molar-refractivity contribution in [3.63, 3.8) is 0 Å². The normalized spacial score (nSPS) is 10.1. The molecule has 5 heteroatoms. The van der Waals surface area contributed by atoms with E-state index in [1.54, 1.807) is 13.2 Å². The van der Waals surface area contributed by atoms with Gasteiger partial charge in [-0.25, -0.2) is 0 Å². The highest BCUT2D eigenvalue weighted by Crippen LogP contribution is 2.12. The Kier molecular flexibility index (Phi) is 5.72. The minimum atomic E-state index is -0.141. The Morgan fingerprint density at radius 1 is 1.14 bits per heavy atom. The number of carbonyl (C=O) groups is 1. The summed E-state index contributed by atoms with van der Waals surface area (Å²) in [5.41, 5.74) is 2.31. The van der Waals surface area contributed by atoms with Crippen LogP contribution in [0.4, 0.5) is 0 Å². The van der Waals surface area contributed by atoms with Gasteiger partial charge in [-0.1, -0.05) is 18.2 Å². The minimum Gasteiger partial charge on any atom is -0.484 e. The minimum absolute atomic E-state index is 0.0368. The average Bonchev–Trinajstić information content (AvgIpc) is 2.55. The number of rotatable bonds is 7. The molecule has 1 aromatic carbocycles. The van der Waals surface area contributed by atoms with Gasteiger partial charge in [-0.2, -0.15) is 0 Å². The number of nitrogens with zero attached hydrogens (tertiary/aromatic N) is 1. The fraction of sp³-hybridized carbons (Fsp3) is 0.250. The number of ether oxygens (including phenoxy) is 1. The number of aromatic nitrogens is 1. The summed E-state index contributed by atoms with van der Waals surface area (Å²) < 4.78 is 5.35. The Morgan fingerprint density at radius 3 is 2.57 bits per heavy atom. The van der Waals surface area contributed by atoms with Gasteiger partial charge in [0.1, 0.15) is 5.75 Å². The largest absolute Gasteiger partial charge is 0.484 e. The number of hydrogen-bond donors (Lipinski definition) is 2. The third-order valence-corrected chi connectivity index (χ3v) is 2.95. The van der Waals surface area contributed by atoms with Crippen LogP contribution >= 0.6 is 0 Å². The Hall–Kier alpha value is -2.40. The second-order valence-electron chi connectivity index (χ2n) is 4.57. The molecule has 0 atom stereocenters. The smallest absolute Gasteiger partial charge is 0.257 e. The first-order valence-electron chi connectivity index (χ1n) is 6.80. The Labute approximate surface area is 124 Å². The van der Waals surface area contributed by atoms with Crippen molar-refractivity contribution in [1.29, 1.82) is 0 Å². The summed E-state index contributed by atoms with van der Waals surface area (Å²) in [5.74, 6) is 0.548. The van der Waals surface area contributed by atoms with E-state index >= 15 is 0 Å². The van der Waals surface area contributed by atoms with Crippen molar-refractivity contribution in [3.05, 3.63) is 59.9 Å². The fourth-order valence-corrected chi connectivity index (χ4v) is 1.78. The molecule has 0 aliphatic heterocycles. The maximum Gasteiger partial charge on any atom is 0.257 e. The molecule has 1 aromatic heterocycles. The molecule has 0 fully saturated rings. The van der Waals surface area contributed by atoms with Gasteiger partial charge in [-0.05, 0) is 29.3 Å². The summed E-state index contributed by atoms with van der Waals surface area (Å²) in [5, 5.41) is 5.86. The molecule has 21 heavy (non-hydrogen) atoms. The molecule has 0 bridgehead atoms. The zero-order chi connectivity index (χ0) is 14.9. The summed E-state index contributed by atoms with van der Waals surface area (Å²) in [6, 6.07) is 11.7. The Morgan fingerprint density at radius 2 is 1.90 bits per heavy atom. The molecule has 1 amide bonds. The molecule has 0 radical (unpaired) electrons. The molecule has 2 rings (SSSR count). The van der Waals surface area contributed by atoms with Gasteiger partial charge < -0.3 is 15.4 Å². The highest BCUT2D eigenvalue weighted by molar-refractivity contribution is 5.77. The summed E-state index contributed by atoms with van der Waals surface area (Å²) in [4.78, 5) is 15.2. The first kappa shape index (κ1) is 15.0. The van der Waals surface area contributed by atoms with E-state index in [0.717, 1.165) is 24.2 Å². The molecule has 0 saturated carbocycles. The molecular formula is C16H19N3O2. The lowest BCUT2D eigenvalue weighted by molar-refractivity contribution is -0.122. The van der Waals surface area contributed by atoms with Crippen LogP contribution in [0.2, 0.25) is 0 Å². The standard InChI is InChI=1S/C16H19N3O2/c1-17-16(20)12-21-15-6-4-13(5-7-15)9-19-11-14-3-2-8-18-10-14/h2-8,10,19H,9,11-12H2,1H3,(H,17,20). The molecule has 1 heterocycles. The van der Waals surface area contributed by atoms with Crippen molar-refractivity contribution in [2.24, 2.45) is 0 Å². The van der Waals surface area contributed by atoms with E-state index in [9.17, 15) is 4.79 Å². The van der Waals surface area contributed by atoms with Gasteiger partial charge in [0.15, 0.2) is 6.61 Å². The lowest BCUT2D eigenvalue weighted by Gasteiger charge is -2.07. The molecule has 0 aliphatic carbocycles. The van der Waals surface area contributed by atoms with E-state index in [2.05, 4.69) is 15.6 Å². The number of likely N-dealkylation sites (N-methyl/N-ethyl adjacent to an activating group) is 1. The van der Waals surface area contributed by atoms with Crippen molar-refractivity contribution in [2.45, 2.75) is 13.1 Å². The molecule has 110 valence electrons. The van der Waals surface area contributed by atoms with E-state index in [0.29, 0.717) is 5.75 Å². The monoisotopic (exact) mass is 285 g/mol. The topological polar surface area (TPSA) is 63.2 Å². The van der Waals surface area contributed by atoms with E-state index < -0.39 is 0 Å². The summed E-state index contributed by atoms with van der Waals surface area (Å²) in [7, 11) is 1.59. The first-order chi connectivity index (χ1) is 10.3. The molecule has 2 aromatic rings. The summed E-state index contributed by atoms with van der Waals surface area (Å²) >= 11 is 0. The van der Waals surface area contributed by atoms with Crippen LogP contribution in [0, 0.1) is 0 Å². The lowest BCUT2D eigenvalue weighted by Crippen LogP contribution is -2.24.